The quantitative estimate of drug-likeness (QED) is 0.594. The van der Waals surface area contributed by atoms with Gasteiger partial charge in [-0.15, -0.1) is 0 Å². The van der Waals surface area contributed by atoms with Gasteiger partial charge < -0.3 is 15.3 Å². The standard InChI is InChI=1S/C22H30N2O4S/c25-20(26)14-24-18(16-9-4-5-10-16)12-6-11-17(22(24)28)23-21(27)19(29)13-15-7-2-1-3-8-15/h1-3,7-8,16-19,29H,4-6,9-14H2,(H,23,27)(H,25,26)/t17-,18+,19+/m0/s1. The highest BCUT2D eigenvalue weighted by molar-refractivity contribution is 7.81. The van der Waals surface area contributed by atoms with Crippen LogP contribution in [0.3, 0.4) is 0 Å². The third-order valence-electron chi connectivity index (χ3n) is 6.11. The fraction of sp³-hybridized carbons (Fsp3) is 0.591. The van der Waals surface area contributed by atoms with Gasteiger partial charge in [0.25, 0.3) is 0 Å². The van der Waals surface area contributed by atoms with Crippen molar-refractivity contribution in [2.75, 3.05) is 6.54 Å². The molecule has 2 aliphatic rings. The van der Waals surface area contributed by atoms with E-state index in [2.05, 4.69) is 17.9 Å². The van der Waals surface area contributed by atoms with Crippen molar-refractivity contribution >= 4 is 30.4 Å². The summed E-state index contributed by atoms with van der Waals surface area (Å²) in [7, 11) is 0. The minimum Gasteiger partial charge on any atom is -0.480 e. The van der Waals surface area contributed by atoms with Gasteiger partial charge in [-0.05, 0) is 50.0 Å². The Morgan fingerprint density at radius 1 is 1.10 bits per heavy atom. The maximum absolute atomic E-state index is 13.2. The summed E-state index contributed by atoms with van der Waals surface area (Å²) in [5.41, 5.74) is 1.00. The number of thiol groups is 1. The number of nitrogens with one attached hydrogen (secondary N) is 1. The topological polar surface area (TPSA) is 86.7 Å². The van der Waals surface area contributed by atoms with Gasteiger partial charge in [0, 0.05) is 6.04 Å². The molecule has 1 heterocycles. The number of hydrogen-bond donors (Lipinski definition) is 3. The first-order valence-corrected chi connectivity index (χ1v) is 11.0. The fourth-order valence-corrected chi connectivity index (χ4v) is 4.96. The molecule has 2 N–H and O–H groups in total. The number of hydrogen-bond acceptors (Lipinski definition) is 4. The highest BCUT2D eigenvalue weighted by Gasteiger charge is 2.39. The van der Waals surface area contributed by atoms with Gasteiger partial charge in [-0.1, -0.05) is 43.2 Å². The number of aliphatic carboxylic acids is 1. The van der Waals surface area contributed by atoms with Gasteiger partial charge in [0.2, 0.25) is 11.8 Å². The van der Waals surface area contributed by atoms with E-state index in [1.165, 1.54) is 4.90 Å². The van der Waals surface area contributed by atoms with Crippen LogP contribution < -0.4 is 5.32 Å². The molecule has 1 aromatic rings. The highest BCUT2D eigenvalue weighted by atomic mass is 32.1. The predicted octanol–water partition coefficient (Wildman–Crippen LogP) is 2.67. The van der Waals surface area contributed by atoms with E-state index >= 15 is 0 Å². The number of carbonyl (C=O) groups is 3. The molecule has 3 atom stereocenters. The van der Waals surface area contributed by atoms with E-state index in [1.54, 1.807) is 0 Å². The van der Waals surface area contributed by atoms with Gasteiger partial charge in [-0.2, -0.15) is 12.6 Å². The zero-order valence-electron chi connectivity index (χ0n) is 16.6. The van der Waals surface area contributed by atoms with Crippen molar-refractivity contribution < 1.29 is 19.5 Å². The smallest absolute Gasteiger partial charge is 0.323 e. The van der Waals surface area contributed by atoms with Crippen molar-refractivity contribution in [3.8, 4) is 0 Å². The van der Waals surface area contributed by atoms with Gasteiger partial charge in [-0.25, -0.2) is 0 Å². The van der Waals surface area contributed by atoms with E-state index in [0.29, 0.717) is 18.8 Å². The first-order valence-electron chi connectivity index (χ1n) is 10.5. The molecule has 1 saturated heterocycles. The molecule has 0 bridgehead atoms. The van der Waals surface area contributed by atoms with Crippen molar-refractivity contribution in [1.29, 1.82) is 0 Å². The summed E-state index contributed by atoms with van der Waals surface area (Å²) in [4.78, 5) is 38.8. The van der Waals surface area contributed by atoms with Crippen LogP contribution in [0.5, 0.6) is 0 Å². The monoisotopic (exact) mass is 418 g/mol. The molecular weight excluding hydrogens is 388 g/mol. The van der Waals surface area contributed by atoms with E-state index in [0.717, 1.165) is 44.1 Å². The number of carboxylic acids is 1. The molecule has 1 aliphatic heterocycles. The highest BCUT2D eigenvalue weighted by Crippen LogP contribution is 2.34. The van der Waals surface area contributed by atoms with E-state index in [9.17, 15) is 19.5 Å². The summed E-state index contributed by atoms with van der Waals surface area (Å²) in [6.07, 6.45) is 6.96. The van der Waals surface area contributed by atoms with E-state index < -0.39 is 17.3 Å². The van der Waals surface area contributed by atoms with Gasteiger partial charge in [0.05, 0.1) is 5.25 Å². The Labute approximate surface area is 177 Å². The van der Waals surface area contributed by atoms with Crippen LogP contribution in [-0.2, 0) is 20.8 Å². The number of benzene rings is 1. The minimum atomic E-state index is -1.01. The lowest BCUT2D eigenvalue weighted by atomic mass is 9.93. The van der Waals surface area contributed by atoms with Crippen LogP contribution in [0.15, 0.2) is 30.3 Å². The van der Waals surface area contributed by atoms with Crippen LogP contribution >= 0.6 is 12.6 Å². The van der Waals surface area contributed by atoms with Crippen molar-refractivity contribution in [3.05, 3.63) is 35.9 Å². The predicted molar refractivity (Wildman–Crippen MR) is 114 cm³/mol. The molecule has 7 heteroatoms. The Hall–Kier alpha value is -2.02. The Balaban J connectivity index is 1.67. The zero-order chi connectivity index (χ0) is 20.8. The average molecular weight is 419 g/mol. The third kappa shape index (κ3) is 5.75. The fourth-order valence-electron chi connectivity index (χ4n) is 4.68. The number of likely N-dealkylation sites (tertiary alicyclic amines) is 1. The molecule has 1 saturated carbocycles. The molecule has 2 fully saturated rings. The van der Waals surface area contributed by atoms with E-state index in [4.69, 9.17) is 0 Å². The van der Waals surface area contributed by atoms with Gasteiger partial charge in [0.1, 0.15) is 12.6 Å². The van der Waals surface area contributed by atoms with Crippen LogP contribution in [0.25, 0.3) is 0 Å². The third-order valence-corrected chi connectivity index (χ3v) is 6.53. The van der Waals surface area contributed by atoms with Crippen LogP contribution in [0, 0.1) is 5.92 Å². The van der Waals surface area contributed by atoms with Gasteiger partial charge in [-0.3, -0.25) is 14.4 Å². The number of rotatable bonds is 7. The van der Waals surface area contributed by atoms with Crippen molar-refractivity contribution in [2.24, 2.45) is 5.92 Å². The van der Waals surface area contributed by atoms with Crippen LogP contribution in [0.1, 0.15) is 50.5 Å². The summed E-state index contributed by atoms with van der Waals surface area (Å²) in [6, 6.07) is 8.89. The van der Waals surface area contributed by atoms with Crippen LogP contribution in [0.4, 0.5) is 0 Å². The largest absolute Gasteiger partial charge is 0.480 e. The normalized spacial score (nSPS) is 24.2. The minimum absolute atomic E-state index is 0.0425. The first kappa shape index (κ1) is 21.7. The molecule has 1 aliphatic carbocycles. The summed E-state index contributed by atoms with van der Waals surface area (Å²) in [5.74, 6) is -1.20. The second-order valence-corrected chi connectivity index (χ2v) is 8.79. The maximum Gasteiger partial charge on any atom is 0.323 e. The SMILES string of the molecule is O=C(O)CN1C(=O)[C@@H](NC(=O)[C@H](S)Cc2ccccc2)CCC[C@@H]1C1CCCC1. The van der Waals surface area contributed by atoms with E-state index in [1.807, 2.05) is 30.3 Å². The molecule has 3 rings (SSSR count). The van der Waals surface area contributed by atoms with Crippen LogP contribution in [-0.4, -0.2) is 51.7 Å². The van der Waals surface area contributed by atoms with Crippen molar-refractivity contribution in [2.45, 2.75) is 68.7 Å². The molecule has 0 aromatic heterocycles. The zero-order valence-corrected chi connectivity index (χ0v) is 17.5. The Morgan fingerprint density at radius 2 is 1.79 bits per heavy atom. The molecule has 0 unspecified atom stereocenters. The average Bonchev–Trinajstić information content (AvgIpc) is 3.18. The second kappa shape index (κ2) is 10.1. The summed E-state index contributed by atoms with van der Waals surface area (Å²) >= 11 is 4.43. The lowest BCUT2D eigenvalue weighted by Gasteiger charge is -2.34. The summed E-state index contributed by atoms with van der Waals surface area (Å²) in [6.45, 7) is -0.305. The molecule has 158 valence electrons. The lowest BCUT2D eigenvalue weighted by Crippen LogP contribution is -2.54. The molecule has 29 heavy (non-hydrogen) atoms. The molecule has 2 amide bonds. The molecule has 0 radical (unpaired) electrons. The summed E-state index contributed by atoms with van der Waals surface area (Å²) < 4.78 is 0. The molecule has 1 aromatic carbocycles. The lowest BCUT2D eigenvalue weighted by molar-refractivity contribution is -0.148. The first-order chi connectivity index (χ1) is 14.0. The van der Waals surface area contributed by atoms with Crippen LogP contribution in [0.2, 0.25) is 0 Å². The Morgan fingerprint density at radius 3 is 2.45 bits per heavy atom. The Kier molecular flexibility index (Phi) is 7.58. The van der Waals surface area contributed by atoms with E-state index in [-0.39, 0.29) is 24.4 Å². The number of nitrogens with zero attached hydrogens (tertiary/aromatic N) is 1. The number of carbonyl (C=O) groups excluding carboxylic acids is 2. The Bertz CT molecular complexity index is 721. The maximum atomic E-state index is 13.2. The number of amides is 2. The molecule has 0 spiro atoms. The number of carboxylic acid groups (broad SMARTS) is 1. The second-order valence-electron chi connectivity index (χ2n) is 8.17. The van der Waals surface area contributed by atoms with Crippen molar-refractivity contribution in [1.82, 2.24) is 10.2 Å². The summed E-state index contributed by atoms with van der Waals surface area (Å²) in [5, 5.41) is 11.6. The molecular formula is C22H30N2O4S. The van der Waals surface area contributed by atoms with Gasteiger partial charge in [0.15, 0.2) is 0 Å². The van der Waals surface area contributed by atoms with Gasteiger partial charge >= 0.3 is 5.97 Å². The van der Waals surface area contributed by atoms with Crippen molar-refractivity contribution in [3.63, 3.8) is 0 Å². The molecule has 6 nitrogen and oxygen atoms in total.